The van der Waals surface area contributed by atoms with E-state index in [0.29, 0.717) is 56.9 Å². The molecule has 416 valence electrons. The number of carbonyl (C=O) groups is 3. The Balaban J connectivity index is 1.03. The number of aliphatic hydroxyl groups excluding tert-OH is 13. The van der Waals surface area contributed by atoms with Crippen molar-refractivity contribution >= 4 is 17.9 Å². The first-order chi connectivity index (χ1) is 34.4. The number of carboxylic acid groups (broad SMARTS) is 1. The predicted octanol–water partition coefficient (Wildman–Crippen LogP) is -5.09. The van der Waals surface area contributed by atoms with Crippen molar-refractivity contribution in [3.8, 4) is 0 Å². The fraction of sp³-hybridized carbons (Fsp3) is 0.894. The van der Waals surface area contributed by atoms with Crippen LogP contribution in [0.15, 0.2) is 12.2 Å². The predicted molar refractivity (Wildman–Crippen MR) is 235 cm³/mol. The zero-order valence-corrected chi connectivity index (χ0v) is 40.5. The second-order valence-corrected chi connectivity index (χ2v) is 21.9. The van der Waals surface area contributed by atoms with Gasteiger partial charge in [-0.3, -0.25) is 14.4 Å². The van der Waals surface area contributed by atoms with Crippen LogP contribution in [0.2, 0.25) is 0 Å². The number of fused-ring (bicyclic) bond motifs is 3. The average Bonchev–Trinajstić information content (AvgIpc) is 3.54. The van der Waals surface area contributed by atoms with Crippen LogP contribution in [0.5, 0.6) is 0 Å². The van der Waals surface area contributed by atoms with Gasteiger partial charge in [0.2, 0.25) is 6.29 Å². The summed E-state index contributed by atoms with van der Waals surface area (Å²) in [5, 5.41) is 148. The Labute approximate surface area is 418 Å². The topological polar surface area (TPSA) is 418 Å². The Bertz CT molecular complexity index is 1990. The van der Waals surface area contributed by atoms with Gasteiger partial charge >= 0.3 is 17.9 Å². The smallest absolute Gasteiger partial charge is 0.317 e. The molecule has 73 heavy (non-hydrogen) atoms. The van der Waals surface area contributed by atoms with Gasteiger partial charge in [0, 0.05) is 0 Å². The number of aliphatic hydroxyl groups is 13. The normalized spacial score (nSPS) is 50.9. The SMILES string of the molecule is C=C1C[C@@]23CC[C@H]4[C@@](C)(CCC[C@@]4(C)C(=O)O[C@@H]4O[C@H](COC(=O)CC(=O)O)[C@@H](O)[C@H](O)[C@H]4O)[C@@H]2CCC1(O[C@@H]1O[C@H](CO)[C@@H](O)[C@H](O[C@@H]2O[C@H](CO)[C@@H](O)[C@H](O)[C@H]2O)[C@H]1O[C@@H]1O[C@H](CO)[C@@H](O)[C@H](O)[C@H]1O)C3. The number of hydrogen-bond donors (Lipinski definition) is 14. The molecule has 26 heteroatoms. The van der Waals surface area contributed by atoms with Crippen LogP contribution in [0.1, 0.15) is 78.1 Å². The van der Waals surface area contributed by atoms with E-state index >= 15 is 0 Å². The highest BCUT2D eigenvalue weighted by Gasteiger charge is 2.70. The molecule has 8 fully saturated rings. The zero-order valence-electron chi connectivity index (χ0n) is 40.5. The molecule has 8 rings (SSSR count). The Morgan fingerprint density at radius 3 is 1.68 bits per heavy atom. The van der Waals surface area contributed by atoms with Gasteiger partial charge in [0.05, 0.1) is 30.8 Å². The summed E-state index contributed by atoms with van der Waals surface area (Å²) in [6.45, 7) is 5.23. The van der Waals surface area contributed by atoms with E-state index in [1.807, 2.05) is 0 Å². The summed E-state index contributed by atoms with van der Waals surface area (Å²) >= 11 is 0. The highest BCUT2D eigenvalue weighted by atomic mass is 16.8. The second kappa shape index (κ2) is 21.6. The van der Waals surface area contributed by atoms with Gasteiger partial charge in [-0.15, -0.1) is 0 Å². The minimum atomic E-state index is -1.98. The van der Waals surface area contributed by atoms with Gasteiger partial charge in [0.1, 0.15) is 111 Å². The van der Waals surface area contributed by atoms with Crippen LogP contribution in [0.4, 0.5) is 0 Å². The standard InChI is InChI=1S/C47H72O26/c1-18-12-46-9-5-23-44(2,7-4-8-45(23,3)43(64)72-41-36(63)33(60)29(56)22(69-41)16-65-26(53)11-25(51)52)24(46)6-10-47(18,17-46)73-42-38(71-40-35(62)32(59)28(55)20(14-49)67-40)37(30(57)21(15-50)68-42)70-39-34(61)31(58)27(54)19(13-48)66-39/h19-24,27-42,48-50,54-63H,1,4-17H2,2-3H3,(H,51,52)/t19-,20-,21-,22-,23+,24+,27-,28-,29-,30-,31+,32+,33+,34-,35-,36-,37+,38-,39+,40+,41+,42+,44-,45-,46-,47?/m1/s1. The molecule has 0 aromatic heterocycles. The quantitative estimate of drug-likeness (QED) is 0.0316. The van der Waals surface area contributed by atoms with Crippen LogP contribution >= 0.6 is 0 Å². The van der Waals surface area contributed by atoms with E-state index in [1.54, 1.807) is 6.92 Å². The van der Waals surface area contributed by atoms with Crippen molar-refractivity contribution in [1.29, 1.82) is 0 Å². The Kier molecular flexibility index (Phi) is 16.8. The highest BCUT2D eigenvalue weighted by molar-refractivity contribution is 5.90. The number of rotatable bonds is 15. The van der Waals surface area contributed by atoms with E-state index in [9.17, 15) is 80.8 Å². The lowest BCUT2D eigenvalue weighted by Gasteiger charge is -2.64. The van der Waals surface area contributed by atoms with Crippen molar-refractivity contribution in [2.75, 3.05) is 26.4 Å². The van der Waals surface area contributed by atoms with Gasteiger partial charge in [-0.1, -0.05) is 19.9 Å². The van der Waals surface area contributed by atoms with E-state index < -0.39 is 195 Å². The number of carbonyl (C=O) groups excluding carboxylic acids is 2. The van der Waals surface area contributed by atoms with Gasteiger partial charge in [-0.25, -0.2) is 0 Å². The van der Waals surface area contributed by atoms with Crippen LogP contribution in [-0.4, -0.2) is 244 Å². The van der Waals surface area contributed by atoms with E-state index in [0.717, 1.165) is 6.42 Å². The lowest BCUT2D eigenvalue weighted by atomic mass is 9.41. The molecular weight excluding hydrogens is 980 g/mol. The summed E-state index contributed by atoms with van der Waals surface area (Å²) in [6.07, 6.45) is -31.8. The third-order valence-electron chi connectivity index (χ3n) is 17.6. The highest BCUT2D eigenvalue weighted by Crippen LogP contribution is 2.74. The van der Waals surface area contributed by atoms with Crippen LogP contribution in [0.25, 0.3) is 0 Å². The molecule has 4 saturated heterocycles. The van der Waals surface area contributed by atoms with Crippen LogP contribution in [0, 0.1) is 28.1 Å². The minimum absolute atomic E-state index is 0.0387. The number of hydrogen-bond acceptors (Lipinski definition) is 25. The average molecular weight is 1050 g/mol. The van der Waals surface area contributed by atoms with Gasteiger partial charge in [0.25, 0.3) is 0 Å². The lowest BCUT2D eigenvalue weighted by molar-refractivity contribution is -0.400. The molecule has 1 unspecified atom stereocenters. The third kappa shape index (κ3) is 10.1. The first-order valence-corrected chi connectivity index (χ1v) is 24.9. The van der Waals surface area contributed by atoms with Crippen molar-refractivity contribution in [2.24, 2.45) is 28.1 Å². The first-order valence-electron chi connectivity index (χ1n) is 24.9. The summed E-state index contributed by atoms with van der Waals surface area (Å²) in [5.74, 6) is -3.65. The molecule has 4 saturated carbocycles. The molecule has 4 aliphatic heterocycles. The van der Waals surface area contributed by atoms with Gasteiger partial charge in [-0.05, 0) is 86.5 Å². The summed E-state index contributed by atoms with van der Waals surface area (Å²) in [7, 11) is 0. The van der Waals surface area contributed by atoms with Gasteiger partial charge in [0.15, 0.2) is 18.9 Å². The Morgan fingerprint density at radius 2 is 1.11 bits per heavy atom. The molecule has 8 aliphatic rings. The van der Waals surface area contributed by atoms with Gasteiger partial charge < -0.3 is 114 Å². The van der Waals surface area contributed by atoms with E-state index in [4.69, 9.17) is 47.7 Å². The molecule has 2 bridgehead atoms. The lowest BCUT2D eigenvalue weighted by Crippen LogP contribution is -2.68. The maximum atomic E-state index is 14.5. The third-order valence-corrected chi connectivity index (χ3v) is 17.6. The molecule has 0 amide bonds. The summed E-state index contributed by atoms with van der Waals surface area (Å²) < 4.78 is 53.3. The molecule has 0 aromatic carbocycles. The number of aliphatic carboxylic acids is 1. The largest absolute Gasteiger partial charge is 0.481 e. The Hall–Kier alpha value is -2.65. The van der Waals surface area contributed by atoms with Crippen molar-refractivity contribution in [2.45, 2.75) is 206 Å². The van der Waals surface area contributed by atoms with Crippen molar-refractivity contribution in [1.82, 2.24) is 0 Å². The molecule has 1 spiro atoms. The Morgan fingerprint density at radius 1 is 0.603 bits per heavy atom. The van der Waals surface area contributed by atoms with E-state index in [-0.39, 0.29) is 11.8 Å². The summed E-state index contributed by atoms with van der Waals surface area (Å²) in [4.78, 5) is 37.4. The zero-order chi connectivity index (χ0) is 53.3. The number of carboxylic acids is 1. The number of esters is 2. The number of ether oxygens (including phenoxy) is 9. The monoisotopic (exact) mass is 1050 g/mol. The fourth-order valence-electron chi connectivity index (χ4n) is 13.8. The molecule has 26 nitrogen and oxygen atoms in total. The van der Waals surface area contributed by atoms with E-state index in [2.05, 4.69) is 13.5 Å². The summed E-state index contributed by atoms with van der Waals surface area (Å²) in [6, 6.07) is 0. The van der Waals surface area contributed by atoms with Gasteiger partial charge in [-0.2, -0.15) is 0 Å². The molecule has 4 aliphatic carbocycles. The molecule has 0 aromatic rings. The van der Waals surface area contributed by atoms with Crippen molar-refractivity contribution in [3.63, 3.8) is 0 Å². The van der Waals surface area contributed by atoms with Crippen LogP contribution in [-0.2, 0) is 57.0 Å². The van der Waals surface area contributed by atoms with Crippen LogP contribution in [0.3, 0.4) is 0 Å². The first kappa shape index (κ1) is 56.6. The van der Waals surface area contributed by atoms with Crippen molar-refractivity contribution < 1.29 is 129 Å². The van der Waals surface area contributed by atoms with E-state index in [1.165, 1.54) is 0 Å². The molecular formula is C47H72O26. The van der Waals surface area contributed by atoms with Crippen molar-refractivity contribution in [3.05, 3.63) is 12.2 Å². The molecule has 14 N–H and O–H groups in total. The molecule has 4 heterocycles. The maximum absolute atomic E-state index is 14.5. The fourth-order valence-corrected chi connectivity index (χ4v) is 13.8. The molecule has 26 atom stereocenters. The maximum Gasteiger partial charge on any atom is 0.317 e. The minimum Gasteiger partial charge on any atom is -0.481 e. The summed E-state index contributed by atoms with van der Waals surface area (Å²) in [5.41, 5.74) is -2.65. The second-order valence-electron chi connectivity index (χ2n) is 21.9. The van der Waals surface area contributed by atoms with Crippen LogP contribution < -0.4 is 0 Å². The molecule has 0 radical (unpaired) electrons.